The van der Waals surface area contributed by atoms with Gasteiger partial charge in [-0.1, -0.05) is 30.3 Å². The third-order valence-electron chi connectivity index (χ3n) is 1.90. The van der Waals surface area contributed by atoms with Crippen molar-refractivity contribution in [2.75, 3.05) is 7.05 Å². The van der Waals surface area contributed by atoms with Gasteiger partial charge >= 0.3 is 0 Å². The fourth-order valence-corrected chi connectivity index (χ4v) is 1.27. The first-order valence-corrected chi connectivity index (χ1v) is 4.95. The molecule has 2 nitrogen and oxygen atoms in total. The zero-order valence-electron chi connectivity index (χ0n) is 8.87. The van der Waals surface area contributed by atoms with E-state index in [1.807, 2.05) is 31.2 Å². The van der Waals surface area contributed by atoms with Gasteiger partial charge in [-0.3, -0.25) is 4.99 Å². The van der Waals surface area contributed by atoms with E-state index in [1.54, 1.807) is 13.1 Å². The van der Waals surface area contributed by atoms with Gasteiger partial charge in [0, 0.05) is 12.6 Å². The lowest BCUT2D eigenvalue weighted by molar-refractivity contribution is 1.42. The lowest BCUT2D eigenvalue weighted by atomic mass is 10.1. The summed E-state index contributed by atoms with van der Waals surface area (Å²) in [5.41, 5.74) is 2.90. The van der Waals surface area contributed by atoms with Crippen molar-refractivity contribution in [1.82, 2.24) is 0 Å². The molecule has 0 aliphatic carbocycles. The summed E-state index contributed by atoms with van der Waals surface area (Å²) in [5, 5.41) is 0.228. The molecule has 78 valence electrons. The van der Waals surface area contributed by atoms with Crippen LogP contribution >= 0.6 is 11.6 Å². The average molecular weight is 221 g/mol. The molecule has 1 rings (SSSR count). The van der Waals surface area contributed by atoms with Crippen LogP contribution in [0.4, 0.5) is 0 Å². The molecule has 0 fully saturated rings. The first kappa shape index (κ1) is 11.7. The molecule has 0 saturated heterocycles. The highest BCUT2D eigenvalue weighted by Gasteiger charge is 2.00. The van der Waals surface area contributed by atoms with Crippen LogP contribution in [0.5, 0.6) is 0 Å². The summed E-state index contributed by atoms with van der Waals surface area (Å²) in [6, 6.07) is 7.99. The van der Waals surface area contributed by atoms with Crippen molar-refractivity contribution < 1.29 is 0 Å². The molecule has 0 unspecified atom stereocenters. The standard InChI is InChI=1S/C12H13ClN2/c1-4-11(15-12(13)14-3)10-7-5-6-9(2)8-10/h4-8H,1H2,2-3H3/b14-12?,15-11+. The van der Waals surface area contributed by atoms with Crippen molar-refractivity contribution in [3.63, 3.8) is 0 Å². The van der Waals surface area contributed by atoms with Gasteiger partial charge < -0.3 is 0 Å². The minimum absolute atomic E-state index is 0.228. The molecule has 15 heavy (non-hydrogen) atoms. The number of benzene rings is 1. The van der Waals surface area contributed by atoms with E-state index in [9.17, 15) is 0 Å². The van der Waals surface area contributed by atoms with Gasteiger partial charge in [0.2, 0.25) is 5.29 Å². The molecule has 0 heterocycles. The maximum absolute atomic E-state index is 5.74. The van der Waals surface area contributed by atoms with Gasteiger partial charge in [-0.15, -0.1) is 0 Å². The van der Waals surface area contributed by atoms with Gasteiger partial charge in [-0.25, -0.2) is 4.99 Å². The van der Waals surface area contributed by atoms with E-state index in [1.165, 1.54) is 5.56 Å². The molecule has 0 saturated carbocycles. The predicted octanol–water partition coefficient (Wildman–Crippen LogP) is 3.19. The Morgan fingerprint density at radius 3 is 2.73 bits per heavy atom. The molecule has 0 radical (unpaired) electrons. The molecule has 1 aromatic rings. The normalized spacial score (nSPS) is 12.7. The number of aliphatic imine (C=N–C) groups is 2. The molecule has 0 aromatic heterocycles. The zero-order chi connectivity index (χ0) is 11.3. The maximum Gasteiger partial charge on any atom is 0.217 e. The van der Waals surface area contributed by atoms with Crippen molar-refractivity contribution in [2.45, 2.75) is 6.92 Å². The Morgan fingerprint density at radius 1 is 1.47 bits per heavy atom. The lowest BCUT2D eigenvalue weighted by Gasteiger charge is -2.01. The molecule has 0 bridgehead atoms. The summed E-state index contributed by atoms with van der Waals surface area (Å²) in [5.74, 6) is 0. The highest BCUT2D eigenvalue weighted by molar-refractivity contribution is 6.65. The number of aryl methyl sites for hydroxylation is 1. The number of nitrogens with zero attached hydrogens (tertiary/aromatic N) is 2. The highest BCUT2D eigenvalue weighted by atomic mass is 35.5. The quantitative estimate of drug-likeness (QED) is 0.416. The molecule has 3 heteroatoms. The van der Waals surface area contributed by atoms with E-state index in [2.05, 4.69) is 16.6 Å². The van der Waals surface area contributed by atoms with Crippen LogP contribution in [0.25, 0.3) is 0 Å². The van der Waals surface area contributed by atoms with Crippen LogP contribution in [-0.2, 0) is 0 Å². The molecule has 0 amide bonds. The minimum Gasteiger partial charge on any atom is -0.260 e. The van der Waals surface area contributed by atoms with Crippen LogP contribution in [0.3, 0.4) is 0 Å². The second-order valence-corrected chi connectivity index (χ2v) is 3.40. The number of rotatable bonds is 2. The second-order valence-electron chi connectivity index (χ2n) is 3.06. The third-order valence-corrected chi connectivity index (χ3v) is 2.16. The maximum atomic E-state index is 5.74. The highest BCUT2D eigenvalue weighted by Crippen LogP contribution is 2.07. The van der Waals surface area contributed by atoms with Crippen LogP contribution in [0.2, 0.25) is 0 Å². The topological polar surface area (TPSA) is 24.7 Å². The molecule has 0 aliphatic rings. The van der Waals surface area contributed by atoms with E-state index in [4.69, 9.17) is 11.6 Å². The monoisotopic (exact) mass is 220 g/mol. The molecule has 0 N–H and O–H groups in total. The van der Waals surface area contributed by atoms with Gasteiger partial charge in [0.25, 0.3) is 0 Å². The smallest absolute Gasteiger partial charge is 0.217 e. The number of allylic oxidation sites excluding steroid dienone is 1. The first-order chi connectivity index (χ1) is 7.17. The van der Waals surface area contributed by atoms with E-state index in [0.29, 0.717) is 0 Å². The Hall–Kier alpha value is -1.41. The predicted molar refractivity (Wildman–Crippen MR) is 67.1 cm³/mol. The summed E-state index contributed by atoms with van der Waals surface area (Å²) < 4.78 is 0. The van der Waals surface area contributed by atoms with E-state index in [0.717, 1.165) is 11.3 Å². The molecular weight excluding hydrogens is 208 g/mol. The average Bonchev–Trinajstić information content (AvgIpc) is 2.25. The van der Waals surface area contributed by atoms with Crippen LogP contribution in [0, 0.1) is 6.92 Å². The van der Waals surface area contributed by atoms with Crippen molar-refractivity contribution in [3.05, 3.63) is 48.0 Å². The zero-order valence-corrected chi connectivity index (χ0v) is 9.62. The first-order valence-electron chi connectivity index (χ1n) is 4.58. The fraction of sp³-hybridized carbons (Fsp3) is 0.167. The van der Waals surface area contributed by atoms with Gasteiger partial charge in [0.05, 0.1) is 5.71 Å². The minimum atomic E-state index is 0.228. The van der Waals surface area contributed by atoms with E-state index >= 15 is 0 Å². The molecule has 0 aliphatic heterocycles. The summed E-state index contributed by atoms with van der Waals surface area (Å²) in [6.45, 7) is 5.74. The Kier molecular flexibility index (Phi) is 4.25. The van der Waals surface area contributed by atoms with Crippen LogP contribution < -0.4 is 0 Å². The van der Waals surface area contributed by atoms with Gasteiger partial charge in [-0.05, 0) is 30.7 Å². The summed E-state index contributed by atoms with van der Waals surface area (Å²) in [6.07, 6.45) is 1.67. The van der Waals surface area contributed by atoms with Gasteiger partial charge in [-0.2, -0.15) is 0 Å². The van der Waals surface area contributed by atoms with Gasteiger partial charge in [0.15, 0.2) is 0 Å². The largest absolute Gasteiger partial charge is 0.260 e. The number of halogens is 1. The van der Waals surface area contributed by atoms with Crippen molar-refractivity contribution in [1.29, 1.82) is 0 Å². The van der Waals surface area contributed by atoms with Crippen molar-refractivity contribution in [2.24, 2.45) is 9.98 Å². The third kappa shape index (κ3) is 3.33. The summed E-state index contributed by atoms with van der Waals surface area (Å²) in [7, 11) is 1.60. The molecule has 1 aromatic carbocycles. The summed E-state index contributed by atoms with van der Waals surface area (Å²) >= 11 is 5.74. The molecular formula is C12H13ClN2. The summed E-state index contributed by atoms with van der Waals surface area (Å²) in [4.78, 5) is 7.91. The van der Waals surface area contributed by atoms with Crippen LogP contribution in [0.1, 0.15) is 11.1 Å². The molecule has 0 atom stereocenters. The number of hydrogen-bond acceptors (Lipinski definition) is 1. The van der Waals surface area contributed by atoms with Crippen molar-refractivity contribution >= 4 is 22.6 Å². The van der Waals surface area contributed by atoms with Crippen molar-refractivity contribution in [3.8, 4) is 0 Å². The lowest BCUT2D eigenvalue weighted by Crippen LogP contribution is -1.99. The van der Waals surface area contributed by atoms with Crippen LogP contribution in [0.15, 0.2) is 46.9 Å². The van der Waals surface area contributed by atoms with E-state index < -0.39 is 0 Å². The number of amidine groups is 1. The Bertz CT molecular complexity index is 419. The number of hydrogen-bond donors (Lipinski definition) is 0. The van der Waals surface area contributed by atoms with Crippen LogP contribution in [-0.4, -0.2) is 18.1 Å². The van der Waals surface area contributed by atoms with Gasteiger partial charge in [0.1, 0.15) is 0 Å². The van der Waals surface area contributed by atoms with E-state index in [-0.39, 0.29) is 5.29 Å². The molecule has 0 spiro atoms. The Balaban J connectivity index is 3.13. The SMILES string of the molecule is C=C/C(=N\C(Cl)=NC)c1cccc(C)c1. The Labute approximate surface area is 95.0 Å². The second kappa shape index (κ2) is 5.47. The fourth-order valence-electron chi connectivity index (χ4n) is 1.18. The Morgan fingerprint density at radius 2 is 2.20 bits per heavy atom.